The minimum atomic E-state index is 0.881. The summed E-state index contributed by atoms with van der Waals surface area (Å²) in [6, 6.07) is 14.6. The summed E-state index contributed by atoms with van der Waals surface area (Å²) >= 11 is 3.49. The van der Waals surface area contributed by atoms with Crippen LogP contribution in [0.15, 0.2) is 42.5 Å². The van der Waals surface area contributed by atoms with Gasteiger partial charge < -0.3 is 9.64 Å². The van der Waals surface area contributed by atoms with Gasteiger partial charge in [-0.1, -0.05) is 40.2 Å². The van der Waals surface area contributed by atoms with E-state index in [9.17, 15) is 0 Å². The summed E-state index contributed by atoms with van der Waals surface area (Å²) < 4.78 is 5.42. The van der Waals surface area contributed by atoms with Crippen molar-refractivity contribution in [3.63, 3.8) is 0 Å². The molecule has 2 nitrogen and oxygen atoms in total. The van der Waals surface area contributed by atoms with E-state index in [4.69, 9.17) is 4.74 Å². The van der Waals surface area contributed by atoms with Crippen molar-refractivity contribution in [2.75, 3.05) is 19.1 Å². The average Bonchev–Trinajstić information content (AvgIpc) is 2.46. The summed E-state index contributed by atoms with van der Waals surface area (Å²) in [5.74, 6) is 0.883. The number of aryl methyl sites for hydroxylation is 1. The number of anilines is 2. The topological polar surface area (TPSA) is 12.5 Å². The van der Waals surface area contributed by atoms with Gasteiger partial charge in [-0.15, -0.1) is 0 Å². The highest BCUT2D eigenvalue weighted by molar-refractivity contribution is 9.08. The molecule has 100 valence electrons. The Morgan fingerprint density at radius 2 is 1.84 bits per heavy atom. The molecule has 0 amide bonds. The Balaban J connectivity index is 2.41. The highest BCUT2D eigenvalue weighted by Crippen LogP contribution is 2.34. The molecule has 2 rings (SSSR count). The molecular formula is C16H18BrNO. The first-order valence-electron chi connectivity index (χ1n) is 6.19. The number of halogens is 1. The lowest BCUT2D eigenvalue weighted by Crippen LogP contribution is -2.12. The van der Waals surface area contributed by atoms with Gasteiger partial charge in [0.1, 0.15) is 5.75 Å². The first-order valence-corrected chi connectivity index (χ1v) is 7.31. The van der Waals surface area contributed by atoms with Crippen molar-refractivity contribution in [2.45, 2.75) is 12.3 Å². The second-order valence-corrected chi connectivity index (χ2v) is 5.05. The zero-order valence-electron chi connectivity index (χ0n) is 11.5. The minimum absolute atomic E-state index is 0.881. The molecule has 0 N–H and O–H groups in total. The first kappa shape index (κ1) is 13.9. The van der Waals surface area contributed by atoms with E-state index in [-0.39, 0.29) is 0 Å². The van der Waals surface area contributed by atoms with E-state index in [1.807, 2.05) is 18.2 Å². The molecular weight excluding hydrogens is 302 g/mol. The first-order chi connectivity index (χ1) is 9.17. The number of ether oxygens (including phenoxy) is 1. The summed E-state index contributed by atoms with van der Waals surface area (Å²) in [5, 5.41) is 0.881. The zero-order chi connectivity index (χ0) is 13.8. The van der Waals surface area contributed by atoms with Gasteiger partial charge in [-0.25, -0.2) is 0 Å². The highest BCUT2D eigenvalue weighted by atomic mass is 79.9. The van der Waals surface area contributed by atoms with E-state index < -0.39 is 0 Å². The van der Waals surface area contributed by atoms with Crippen LogP contribution >= 0.6 is 15.9 Å². The number of nitrogens with zero attached hydrogens (tertiary/aromatic N) is 1. The SMILES string of the molecule is COc1ccccc1N(C)c1ccc(CBr)cc1C. The van der Waals surface area contributed by atoms with Gasteiger partial charge in [0.25, 0.3) is 0 Å². The fourth-order valence-corrected chi connectivity index (χ4v) is 2.56. The van der Waals surface area contributed by atoms with E-state index in [0.29, 0.717) is 0 Å². The molecule has 0 bridgehead atoms. The van der Waals surface area contributed by atoms with E-state index in [0.717, 1.165) is 16.8 Å². The molecule has 0 unspecified atom stereocenters. The average molecular weight is 320 g/mol. The molecule has 19 heavy (non-hydrogen) atoms. The second kappa shape index (κ2) is 6.11. The molecule has 0 spiro atoms. The number of benzene rings is 2. The van der Waals surface area contributed by atoms with Gasteiger partial charge in [-0.05, 0) is 36.2 Å². The van der Waals surface area contributed by atoms with Crippen LogP contribution in [-0.2, 0) is 5.33 Å². The van der Waals surface area contributed by atoms with Crippen molar-refractivity contribution in [1.29, 1.82) is 0 Å². The second-order valence-electron chi connectivity index (χ2n) is 4.49. The molecule has 0 radical (unpaired) electrons. The monoisotopic (exact) mass is 319 g/mol. The van der Waals surface area contributed by atoms with Crippen LogP contribution in [0.25, 0.3) is 0 Å². The standard InChI is InChI=1S/C16H18BrNO/c1-12-10-13(11-17)8-9-14(12)18(2)15-6-4-5-7-16(15)19-3/h4-10H,11H2,1-3H3. The lowest BCUT2D eigenvalue weighted by Gasteiger charge is -2.24. The van der Waals surface area contributed by atoms with Gasteiger partial charge in [0.15, 0.2) is 0 Å². The number of rotatable bonds is 4. The molecule has 0 fully saturated rings. The van der Waals surface area contributed by atoms with Gasteiger partial charge >= 0.3 is 0 Å². The maximum Gasteiger partial charge on any atom is 0.142 e. The molecule has 0 aromatic heterocycles. The molecule has 0 saturated carbocycles. The smallest absolute Gasteiger partial charge is 0.142 e. The maximum absolute atomic E-state index is 5.42. The van der Waals surface area contributed by atoms with Gasteiger partial charge in [0, 0.05) is 18.1 Å². The normalized spacial score (nSPS) is 10.3. The lowest BCUT2D eigenvalue weighted by molar-refractivity contribution is 0.415. The predicted octanol–water partition coefficient (Wildman–Crippen LogP) is 4.67. The summed E-state index contributed by atoms with van der Waals surface area (Å²) in [6.45, 7) is 2.13. The van der Waals surface area contributed by atoms with E-state index >= 15 is 0 Å². The third-order valence-corrected chi connectivity index (χ3v) is 3.87. The molecule has 0 aliphatic rings. The molecule has 0 atom stereocenters. The highest BCUT2D eigenvalue weighted by Gasteiger charge is 2.11. The number of hydrogen-bond donors (Lipinski definition) is 0. The van der Waals surface area contributed by atoms with Crippen molar-refractivity contribution in [3.8, 4) is 5.75 Å². The van der Waals surface area contributed by atoms with Crippen molar-refractivity contribution in [2.24, 2.45) is 0 Å². The summed E-state index contributed by atoms with van der Waals surface area (Å²) in [5.41, 5.74) is 4.80. The van der Waals surface area contributed by atoms with Crippen LogP contribution in [0.1, 0.15) is 11.1 Å². The fraction of sp³-hybridized carbons (Fsp3) is 0.250. The largest absolute Gasteiger partial charge is 0.495 e. The summed E-state index contributed by atoms with van der Waals surface area (Å²) in [6.07, 6.45) is 0. The molecule has 0 heterocycles. The van der Waals surface area contributed by atoms with E-state index in [1.54, 1.807) is 7.11 Å². The predicted molar refractivity (Wildman–Crippen MR) is 84.9 cm³/mol. The molecule has 2 aromatic carbocycles. The van der Waals surface area contributed by atoms with Crippen LogP contribution in [0, 0.1) is 6.92 Å². The van der Waals surface area contributed by atoms with Crippen LogP contribution in [-0.4, -0.2) is 14.2 Å². The Hall–Kier alpha value is -1.48. The molecule has 2 aromatic rings. The third-order valence-electron chi connectivity index (χ3n) is 3.22. The number of alkyl halides is 1. The van der Waals surface area contributed by atoms with Crippen LogP contribution in [0.2, 0.25) is 0 Å². The minimum Gasteiger partial charge on any atom is -0.495 e. The molecule has 3 heteroatoms. The van der Waals surface area contributed by atoms with Crippen LogP contribution in [0.3, 0.4) is 0 Å². The summed E-state index contributed by atoms with van der Waals surface area (Å²) in [4.78, 5) is 2.16. The Labute approximate surface area is 123 Å². The molecule has 0 aliphatic carbocycles. The van der Waals surface area contributed by atoms with Crippen LogP contribution in [0.5, 0.6) is 5.75 Å². The fourth-order valence-electron chi connectivity index (χ4n) is 2.21. The Bertz CT molecular complexity index is 568. The van der Waals surface area contributed by atoms with Crippen LogP contribution in [0.4, 0.5) is 11.4 Å². The van der Waals surface area contributed by atoms with Crippen molar-refractivity contribution < 1.29 is 4.74 Å². The number of para-hydroxylation sites is 2. The van der Waals surface area contributed by atoms with Crippen molar-refractivity contribution in [1.82, 2.24) is 0 Å². The molecule has 0 aliphatic heterocycles. The summed E-state index contributed by atoms with van der Waals surface area (Å²) in [7, 11) is 3.77. The van der Waals surface area contributed by atoms with Gasteiger partial charge in [0.05, 0.1) is 12.8 Å². The zero-order valence-corrected chi connectivity index (χ0v) is 13.1. The van der Waals surface area contributed by atoms with Crippen molar-refractivity contribution in [3.05, 3.63) is 53.6 Å². The number of hydrogen-bond acceptors (Lipinski definition) is 2. The van der Waals surface area contributed by atoms with Crippen LogP contribution < -0.4 is 9.64 Å². The van der Waals surface area contributed by atoms with E-state index in [2.05, 4.69) is 59.1 Å². The van der Waals surface area contributed by atoms with Gasteiger partial charge in [-0.3, -0.25) is 0 Å². The van der Waals surface area contributed by atoms with Crippen molar-refractivity contribution >= 4 is 27.3 Å². The Morgan fingerprint density at radius 1 is 1.11 bits per heavy atom. The molecule has 0 saturated heterocycles. The van der Waals surface area contributed by atoms with Gasteiger partial charge in [-0.2, -0.15) is 0 Å². The Morgan fingerprint density at radius 3 is 2.47 bits per heavy atom. The third kappa shape index (κ3) is 2.92. The van der Waals surface area contributed by atoms with E-state index in [1.165, 1.54) is 16.8 Å². The Kier molecular flexibility index (Phi) is 4.48. The quantitative estimate of drug-likeness (QED) is 0.759. The maximum atomic E-state index is 5.42. The lowest BCUT2D eigenvalue weighted by atomic mass is 10.1. The number of methoxy groups -OCH3 is 1. The van der Waals surface area contributed by atoms with Gasteiger partial charge in [0.2, 0.25) is 0 Å².